The quantitative estimate of drug-likeness (QED) is 0.0535. The van der Waals surface area contributed by atoms with E-state index in [4.69, 9.17) is 9.47 Å². The highest BCUT2D eigenvalue weighted by Crippen LogP contribution is 2.64. The van der Waals surface area contributed by atoms with Crippen LogP contribution in [0.4, 0.5) is 0 Å². The maximum Gasteiger partial charge on any atom is 0.308 e. The summed E-state index contributed by atoms with van der Waals surface area (Å²) < 4.78 is 13.1. The zero-order valence-electron chi connectivity index (χ0n) is 35.2. The molecule has 4 aromatic carbocycles. The lowest BCUT2D eigenvalue weighted by molar-refractivity contribution is -0.144. The minimum absolute atomic E-state index is 0.00840. The first kappa shape index (κ1) is 41.0. The highest BCUT2D eigenvalue weighted by molar-refractivity contribution is 5.78. The first-order chi connectivity index (χ1) is 28.8. The minimum atomic E-state index is -0.372. The molecule has 0 unspecified atom stereocenters. The van der Waals surface area contributed by atoms with E-state index >= 15 is 4.79 Å². The van der Waals surface area contributed by atoms with Gasteiger partial charge in [0.2, 0.25) is 5.91 Å². The number of benzene rings is 4. The Bertz CT molecular complexity index is 2010. The van der Waals surface area contributed by atoms with Crippen LogP contribution in [0.1, 0.15) is 125 Å². The predicted octanol–water partition coefficient (Wildman–Crippen LogP) is 10.0. The van der Waals surface area contributed by atoms with Gasteiger partial charge in [0.25, 0.3) is 0 Å². The number of carbonyl (C=O) groups is 3. The lowest BCUT2D eigenvalue weighted by Crippen LogP contribution is -2.69. The lowest BCUT2D eigenvalue weighted by atomic mass is 9.51. The molecule has 59 heavy (non-hydrogen) atoms. The maximum atomic E-state index is 15.0. The molecule has 0 aromatic heterocycles. The summed E-state index contributed by atoms with van der Waals surface area (Å²) >= 11 is 0. The fourth-order valence-corrected chi connectivity index (χ4v) is 11.5. The van der Waals surface area contributed by atoms with Gasteiger partial charge >= 0.3 is 5.97 Å². The second-order valence-corrected chi connectivity index (χ2v) is 17.8. The number of Topliss-reactive ketones (excluding diaryl/α,β-unsaturated/α-hetero) is 1. The number of likely N-dealkylation sites (tertiary alicyclic amines) is 1. The molecule has 4 aliphatic rings. The monoisotopic (exact) mass is 794 g/mol. The van der Waals surface area contributed by atoms with Crippen molar-refractivity contribution in [2.24, 2.45) is 5.92 Å². The van der Waals surface area contributed by atoms with Crippen molar-refractivity contribution >= 4 is 17.7 Å². The molecular formula is C52H62N2O5. The van der Waals surface area contributed by atoms with Gasteiger partial charge < -0.3 is 14.4 Å². The third kappa shape index (κ3) is 8.77. The van der Waals surface area contributed by atoms with Crippen molar-refractivity contribution in [3.8, 4) is 11.5 Å². The Kier molecular flexibility index (Phi) is 13.0. The zero-order valence-corrected chi connectivity index (χ0v) is 35.2. The number of esters is 1. The van der Waals surface area contributed by atoms with Crippen LogP contribution in [0.5, 0.6) is 11.5 Å². The number of unbranched alkanes of at least 4 members (excludes halogenated alkanes) is 7. The average Bonchev–Trinajstić information content (AvgIpc) is 3.60. The molecule has 2 aliphatic carbocycles. The number of nitrogens with zero attached hydrogens (tertiary/aromatic N) is 2. The van der Waals surface area contributed by atoms with E-state index in [-0.39, 0.29) is 53.1 Å². The van der Waals surface area contributed by atoms with Crippen LogP contribution in [0.25, 0.3) is 0 Å². The van der Waals surface area contributed by atoms with Gasteiger partial charge in [0.05, 0.1) is 12.6 Å². The molecular weight excluding hydrogens is 733 g/mol. The standard InChI is InChI=1S/C52H62N2O5/c1-37(55)35-53-33-32-52-44-29-30-45(51(52)59-50-47(58-38(2)56)31-28-42(49(50)52)34-46(44)53)54(36-43(40-23-15-10-16-24-40)41-25-17-11-18-26-41)48(57)27-19-8-6-4-3-5-7-12-20-39-21-13-9-14-22-39/h9-11,13-18,21-26,28,31,43-46,51H,3-8,12,19-20,27,29-30,32-36H2,1-2H3/t44-,45+,46+,51-,52-/m0/s1. The first-order valence-corrected chi connectivity index (χ1v) is 22.5. The molecule has 8 rings (SSSR count). The molecule has 1 amide bonds. The van der Waals surface area contributed by atoms with Gasteiger partial charge in [-0.1, -0.05) is 136 Å². The third-order valence-corrected chi connectivity index (χ3v) is 14.0. The van der Waals surface area contributed by atoms with Gasteiger partial charge in [0.1, 0.15) is 11.9 Å². The first-order valence-electron chi connectivity index (χ1n) is 22.5. The number of amides is 1. The van der Waals surface area contributed by atoms with Crippen molar-refractivity contribution in [2.75, 3.05) is 19.6 Å². The molecule has 0 N–H and O–H groups in total. The van der Waals surface area contributed by atoms with Crippen molar-refractivity contribution in [1.29, 1.82) is 0 Å². The largest absolute Gasteiger partial charge is 0.483 e. The van der Waals surface area contributed by atoms with Crippen molar-refractivity contribution in [2.45, 2.75) is 133 Å². The smallest absolute Gasteiger partial charge is 0.308 e. The lowest BCUT2D eigenvalue weighted by Gasteiger charge is -2.60. The number of ether oxygens (including phenoxy) is 2. The van der Waals surface area contributed by atoms with Crippen LogP contribution in [0.15, 0.2) is 103 Å². The van der Waals surface area contributed by atoms with Gasteiger partial charge in [0.15, 0.2) is 11.5 Å². The van der Waals surface area contributed by atoms with Gasteiger partial charge in [-0.25, -0.2) is 0 Å². The summed E-state index contributed by atoms with van der Waals surface area (Å²) in [5.74, 6) is 1.44. The van der Waals surface area contributed by atoms with Gasteiger partial charge in [-0.15, -0.1) is 0 Å². The van der Waals surface area contributed by atoms with Gasteiger partial charge in [-0.05, 0) is 92.7 Å². The number of ketones is 1. The van der Waals surface area contributed by atoms with E-state index in [0.717, 1.165) is 57.9 Å². The summed E-state index contributed by atoms with van der Waals surface area (Å²) in [5, 5.41) is 0. The van der Waals surface area contributed by atoms with E-state index in [9.17, 15) is 9.59 Å². The molecule has 2 heterocycles. The molecule has 2 fully saturated rings. The van der Waals surface area contributed by atoms with E-state index in [1.54, 1.807) is 6.92 Å². The average molecular weight is 795 g/mol. The van der Waals surface area contributed by atoms with E-state index in [1.165, 1.54) is 66.8 Å². The molecule has 7 heteroatoms. The van der Waals surface area contributed by atoms with E-state index < -0.39 is 0 Å². The van der Waals surface area contributed by atoms with Crippen molar-refractivity contribution < 1.29 is 23.9 Å². The highest BCUT2D eigenvalue weighted by Gasteiger charge is 2.67. The number of hydrogen-bond acceptors (Lipinski definition) is 6. The SMILES string of the molecule is CC(=O)CN1CC[C@]23c4c5ccc(OC(C)=O)c4O[C@H]2[C@H](N(CC(c2ccccc2)c2ccccc2)C(=O)CCCCCCCCCCc2ccccc2)CC[C@H]3[C@H]1C5. The zero-order chi connectivity index (χ0) is 40.8. The summed E-state index contributed by atoms with van der Waals surface area (Å²) in [4.78, 5) is 44.6. The summed E-state index contributed by atoms with van der Waals surface area (Å²) in [5.41, 5.74) is 5.87. The fourth-order valence-electron chi connectivity index (χ4n) is 11.5. The summed E-state index contributed by atoms with van der Waals surface area (Å²) in [6, 6.07) is 36.1. The fraction of sp³-hybridized carbons (Fsp3) is 0.481. The van der Waals surface area contributed by atoms with E-state index in [0.29, 0.717) is 31.0 Å². The molecule has 310 valence electrons. The highest BCUT2D eigenvalue weighted by atomic mass is 16.6. The predicted molar refractivity (Wildman–Crippen MR) is 233 cm³/mol. The van der Waals surface area contributed by atoms with Crippen molar-refractivity contribution in [3.05, 3.63) is 131 Å². The number of carbonyl (C=O) groups excluding carboxylic acids is 3. The topological polar surface area (TPSA) is 76.2 Å². The number of rotatable bonds is 19. The van der Waals surface area contributed by atoms with Crippen LogP contribution in [0, 0.1) is 5.92 Å². The summed E-state index contributed by atoms with van der Waals surface area (Å²) in [6.45, 7) is 4.93. The molecule has 1 spiro atoms. The van der Waals surface area contributed by atoms with E-state index in [1.807, 2.05) is 6.07 Å². The number of piperidine rings is 1. The molecule has 0 radical (unpaired) electrons. The number of aryl methyl sites for hydroxylation is 1. The van der Waals surface area contributed by atoms with Gasteiger partial charge in [-0.3, -0.25) is 19.3 Å². The summed E-state index contributed by atoms with van der Waals surface area (Å²) in [6.07, 6.45) is 14.1. The Hall–Kier alpha value is -4.75. The molecule has 5 atom stereocenters. The van der Waals surface area contributed by atoms with Crippen LogP contribution in [-0.4, -0.2) is 65.3 Å². The molecule has 1 saturated heterocycles. The molecule has 2 bridgehead atoms. The molecule has 1 saturated carbocycles. The second-order valence-electron chi connectivity index (χ2n) is 17.8. The molecule has 2 aliphatic heterocycles. The summed E-state index contributed by atoms with van der Waals surface area (Å²) in [7, 11) is 0. The van der Waals surface area contributed by atoms with Crippen LogP contribution < -0.4 is 9.47 Å². The van der Waals surface area contributed by atoms with Gasteiger partial charge in [-0.2, -0.15) is 0 Å². The Morgan fingerprint density at radius 2 is 1.41 bits per heavy atom. The third-order valence-electron chi connectivity index (χ3n) is 14.0. The second kappa shape index (κ2) is 18.7. The Morgan fingerprint density at radius 1 is 0.780 bits per heavy atom. The van der Waals surface area contributed by atoms with Crippen LogP contribution in [-0.2, 0) is 32.6 Å². The van der Waals surface area contributed by atoms with Crippen LogP contribution in [0.3, 0.4) is 0 Å². The normalized spacial score (nSPS) is 22.7. The Morgan fingerprint density at radius 3 is 2.05 bits per heavy atom. The van der Waals surface area contributed by atoms with Crippen LogP contribution >= 0.6 is 0 Å². The molecule has 7 nitrogen and oxygen atoms in total. The van der Waals surface area contributed by atoms with E-state index in [2.05, 4.69) is 107 Å². The Labute approximate surface area is 351 Å². The Balaban J connectivity index is 1.04. The maximum absolute atomic E-state index is 15.0. The van der Waals surface area contributed by atoms with Crippen molar-refractivity contribution in [3.63, 3.8) is 0 Å². The number of hydrogen-bond donors (Lipinski definition) is 0. The minimum Gasteiger partial charge on any atom is -0.483 e. The van der Waals surface area contributed by atoms with Crippen molar-refractivity contribution in [1.82, 2.24) is 9.80 Å². The molecule has 4 aromatic rings. The van der Waals surface area contributed by atoms with Gasteiger partial charge in [0, 0.05) is 42.8 Å². The van der Waals surface area contributed by atoms with Crippen LogP contribution in [0.2, 0.25) is 0 Å².